The molecule has 0 aliphatic heterocycles. The maximum Gasteiger partial charge on any atom is 0.263 e. The Balaban J connectivity index is 1.96. The number of aromatic nitrogens is 7. The molecule has 0 aromatic carbocycles. The summed E-state index contributed by atoms with van der Waals surface area (Å²) in [6.07, 6.45) is 4.49. The van der Waals surface area contributed by atoms with E-state index in [2.05, 4.69) is 35.3 Å². The van der Waals surface area contributed by atoms with Crippen LogP contribution in [-0.4, -0.2) is 41.7 Å². The lowest BCUT2D eigenvalue weighted by atomic mass is 10.6. The van der Waals surface area contributed by atoms with Crippen LogP contribution in [0.1, 0.15) is 5.69 Å². The molecule has 20 heavy (non-hydrogen) atoms. The number of nitrogens with one attached hydrogen (secondary N) is 1. The molecular formula is C10H10N8OS. The molecule has 3 rings (SSSR count). The van der Waals surface area contributed by atoms with Crippen molar-refractivity contribution in [1.82, 2.24) is 34.7 Å². The van der Waals surface area contributed by atoms with Crippen molar-refractivity contribution in [2.24, 2.45) is 0 Å². The van der Waals surface area contributed by atoms with Gasteiger partial charge in [0.25, 0.3) is 11.2 Å². The van der Waals surface area contributed by atoms with E-state index in [1.165, 1.54) is 29.1 Å². The van der Waals surface area contributed by atoms with Crippen LogP contribution in [0.3, 0.4) is 0 Å². The van der Waals surface area contributed by atoms with Crippen molar-refractivity contribution in [3.63, 3.8) is 0 Å². The normalized spacial score (nSPS) is 10.7. The summed E-state index contributed by atoms with van der Waals surface area (Å²) < 4.78 is 6.72. The Bertz CT molecular complexity index is 710. The van der Waals surface area contributed by atoms with Crippen LogP contribution in [0.5, 0.6) is 0 Å². The summed E-state index contributed by atoms with van der Waals surface area (Å²) in [7, 11) is 1.73. The molecule has 3 aromatic rings. The first-order valence-corrected chi connectivity index (χ1v) is 6.45. The van der Waals surface area contributed by atoms with Crippen molar-refractivity contribution >= 4 is 17.7 Å². The van der Waals surface area contributed by atoms with Crippen molar-refractivity contribution < 1.29 is 4.42 Å². The topological polar surface area (TPSA) is 107 Å². The van der Waals surface area contributed by atoms with Crippen molar-refractivity contribution in [3.05, 3.63) is 24.6 Å². The van der Waals surface area contributed by atoms with Crippen LogP contribution in [0, 0.1) is 6.92 Å². The monoisotopic (exact) mass is 290 g/mol. The molecule has 3 aromatic heterocycles. The molecule has 0 spiro atoms. The van der Waals surface area contributed by atoms with Gasteiger partial charge in [0, 0.05) is 18.8 Å². The Morgan fingerprint density at radius 2 is 2.15 bits per heavy atom. The van der Waals surface area contributed by atoms with Gasteiger partial charge in [-0.05, 0) is 6.92 Å². The molecule has 0 atom stereocenters. The highest BCUT2D eigenvalue weighted by Gasteiger charge is 2.12. The maximum absolute atomic E-state index is 5.27. The van der Waals surface area contributed by atoms with Gasteiger partial charge in [0.1, 0.15) is 18.9 Å². The molecule has 0 radical (unpaired) electrons. The quantitative estimate of drug-likeness (QED) is 0.750. The van der Waals surface area contributed by atoms with Gasteiger partial charge in [0.2, 0.25) is 11.1 Å². The van der Waals surface area contributed by atoms with Gasteiger partial charge in [0.15, 0.2) is 0 Å². The predicted molar refractivity (Wildman–Crippen MR) is 69.7 cm³/mol. The van der Waals surface area contributed by atoms with Crippen LogP contribution in [0.15, 0.2) is 33.7 Å². The van der Waals surface area contributed by atoms with Crippen LogP contribution in [0.2, 0.25) is 0 Å². The summed E-state index contributed by atoms with van der Waals surface area (Å²) in [5, 5.41) is 7.79. The minimum atomic E-state index is 0.368. The second-order valence-corrected chi connectivity index (χ2v) is 4.61. The number of hydrogen-bond acceptors (Lipinski definition) is 9. The van der Waals surface area contributed by atoms with Crippen LogP contribution >= 0.6 is 11.8 Å². The number of hydrogen-bond donors (Lipinski definition) is 1. The first kappa shape index (κ1) is 12.5. The molecule has 0 aliphatic carbocycles. The standard InChI is InChI=1S/C10H10N8OS/c1-6-3-19-10(14-6)20-9-16-7(11-2)15-8(17-9)18-5-12-4-13-18/h3-5H,1-2H3,(H,11,15,16,17). The number of anilines is 1. The van der Waals surface area contributed by atoms with Crippen LogP contribution in [0.4, 0.5) is 5.95 Å². The van der Waals surface area contributed by atoms with Gasteiger partial charge in [0.05, 0.1) is 5.69 Å². The third kappa shape index (κ3) is 2.59. The molecule has 0 bridgehead atoms. The van der Waals surface area contributed by atoms with Crippen molar-refractivity contribution in [2.75, 3.05) is 12.4 Å². The molecule has 0 unspecified atom stereocenters. The van der Waals surface area contributed by atoms with E-state index in [0.717, 1.165) is 5.69 Å². The summed E-state index contributed by atoms with van der Waals surface area (Å²) >= 11 is 1.21. The zero-order chi connectivity index (χ0) is 13.9. The smallest absolute Gasteiger partial charge is 0.263 e. The Morgan fingerprint density at radius 3 is 2.80 bits per heavy atom. The molecule has 0 amide bonds. The molecule has 0 saturated carbocycles. The van der Waals surface area contributed by atoms with Crippen molar-refractivity contribution in [3.8, 4) is 5.95 Å². The Hall–Kier alpha value is -2.49. The average Bonchev–Trinajstić information content (AvgIpc) is 3.10. The minimum Gasteiger partial charge on any atom is -0.439 e. The van der Waals surface area contributed by atoms with E-state index in [-0.39, 0.29) is 0 Å². The Labute approximate surface area is 117 Å². The van der Waals surface area contributed by atoms with E-state index in [9.17, 15) is 0 Å². The fraction of sp³-hybridized carbons (Fsp3) is 0.200. The molecular weight excluding hydrogens is 280 g/mol. The second kappa shape index (κ2) is 5.25. The Kier molecular flexibility index (Phi) is 3.29. The minimum absolute atomic E-state index is 0.368. The maximum atomic E-state index is 5.27. The van der Waals surface area contributed by atoms with Crippen molar-refractivity contribution in [1.29, 1.82) is 0 Å². The van der Waals surface area contributed by atoms with Crippen molar-refractivity contribution in [2.45, 2.75) is 17.3 Å². The fourth-order valence-corrected chi connectivity index (χ4v) is 2.08. The number of aryl methyl sites for hydroxylation is 1. The van der Waals surface area contributed by atoms with E-state index >= 15 is 0 Å². The fourth-order valence-electron chi connectivity index (χ4n) is 1.37. The van der Waals surface area contributed by atoms with E-state index in [0.29, 0.717) is 22.3 Å². The molecule has 0 saturated heterocycles. The van der Waals surface area contributed by atoms with Crippen LogP contribution in [-0.2, 0) is 0 Å². The lowest BCUT2D eigenvalue weighted by Crippen LogP contribution is -2.07. The zero-order valence-electron chi connectivity index (χ0n) is 10.7. The number of rotatable bonds is 4. The van der Waals surface area contributed by atoms with Gasteiger partial charge in [-0.1, -0.05) is 0 Å². The number of nitrogens with zero attached hydrogens (tertiary/aromatic N) is 7. The van der Waals surface area contributed by atoms with Crippen LogP contribution in [0.25, 0.3) is 5.95 Å². The zero-order valence-corrected chi connectivity index (χ0v) is 11.5. The van der Waals surface area contributed by atoms with Gasteiger partial charge < -0.3 is 9.73 Å². The summed E-state index contributed by atoms with van der Waals surface area (Å²) in [6.45, 7) is 1.85. The summed E-state index contributed by atoms with van der Waals surface area (Å²) in [5.41, 5.74) is 0.798. The van der Waals surface area contributed by atoms with E-state index < -0.39 is 0 Å². The lowest BCUT2D eigenvalue weighted by Gasteiger charge is -2.04. The van der Waals surface area contributed by atoms with Gasteiger partial charge in [-0.2, -0.15) is 24.7 Å². The average molecular weight is 290 g/mol. The molecule has 9 nitrogen and oxygen atoms in total. The highest BCUT2D eigenvalue weighted by atomic mass is 32.2. The van der Waals surface area contributed by atoms with Crippen LogP contribution < -0.4 is 5.32 Å². The molecule has 0 fully saturated rings. The predicted octanol–water partition coefficient (Wildman–Crippen LogP) is 0.942. The number of oxazole rings is 1. The SMILES string of the molecule is CNc1nc(Sc2nc(C)co2)nc(-n2cncn2)n1. The van der Waals surface area contributed by atoms with Gasteiger partial charge in [-0.15, -0.1) is 0 Å². The molecule has 3 heterocycles. The highest BCUT2D eigenvalue weighted by molar-refractivity contribution is 7.98. The lowest BCUT2D eigenvalue weighted by molar-refractivity contribution is 0.453. The third-order valence-electron chi connectivity index (χ3n) is 2.23. The Morgan fingerprint density at radius 1 is 1.25 bits per heavy atom. The second-order valence-electron chi connectivity index (χ2n) is 3.69. The molecule has 102 valence electrons. The first-order valence-electron chi connectivity index (χ1n) is 5.63. The molecule has 0 aliphatic rings. The van der Waals surface area contributed by atoms with Gasteiger partial charge in [-0.25, -0.2) is 9.97 Å². The summed E-state index contributed by atoms with van der Waals surface area (Å²) in [4.78, 5) is 20.8. The van der Waals surface area contributed by atoms with Gasteiger partial charge in [-0.3, -0.25) is 0 Å². The summed E-state index contributed by atoms with van der Waals surface area (Å²) in [6, 6.07) is 0. The van der Waals surface area contributed by atoms with E-state index in [4.69, 9.17) is 4.42 Å². The largest absolute Gasteiger partial charge is 0.439 e. The van der Waals surface area contributed by atoms with Gasteiger partial charge >= 0.3 is 0 Å². The highest BCUT2D eigenvalue weighted by Crippen LogP contribution is 2.24. The van der Waals surface area contributed by atoms with E-state index in [1.807, 2.05) is 6.92 Å². The third-order valence-corrected chi connectivity index (χ3v) is 2.95. The molecule has 1 N–H and O–H groups in total. The first-order chi connectivity index (χ1) is 9.74. The summed E-state index contributed by atoms with van der Waals surface area (Å²) in [5.74, 6) is 0.795. The molecule has 10 heteroatoms. The van der Waals surface area contributed by atoms with E-state index in [1.54, 1.807) is 13.3 Å².